The topological polar surface area (TPSA) is 29.5 Å². The first-order valence-corrected chi connectivity index (χ1v) is 4.95. The van der Waals surface area contributed by atoms with E-state index in [0.29, 0.717) is 6.54 Å². The van der Waals surface area contributed by atoms with Crippen LogP contribution in [-0.2, 0) is 9.53 Å². The third-order valence-electron chi connectivity index (χ3n) is 2.09. The number of benzene rings is 1. The zero-order valence-electron chi connectivity index (χ0n) is 9.31. The molecule has 0 spiro atoms. The summed E-state index contributed by atoms with van der Waals surface area (Å²) < 4.78 is 17.2. The van der Waals surface area contributed by atoms with Gasteiger partial charge in [0, 0.05) is 24.5 Å². The standard InChI is InChI=1S/C12H14FNO2/c1-3-14(9-8-12(15)16-2)11-6-4-10(13)5-7-11/h4-9H,3H2,1-2H3. The van der Waals surface area contributed by atoms with Crippen LogP contribution in [0.5, 0.6) is 0 Å². The van der Waals surface area contributed by atoms with E-state index < -0.39 is 5.97 Å². The molecule has 0 fully saturated rings. The number of anilines is 1. The minimum absolute atomic E-state index is 0.281. The van der Waals surface area contributed by atoms with Gasteiger partial charge in [0.2, 0.25) is 0 Å². The summed E-state index contributed by atoms with van der Waals surface area (Å²) in [5.74, 6) is -0.697. The molecular formula is C12H14FNO2. The second-order valence-corrected chi connectivity index (χ2v) is 3.10. The predicted octanol–water partition coefficient (Wildman–Crippen LogP) is 2.34. The highest BCUT2D eigenvalue weighted by atomic mass is 19.1. The van der Waals surface area contributed by atoms with Crippen LogP contribution >= 0.6 is 0 Å². The molecule has 1 aromatic carbocycles. The van der Waals surface area contributed by atoms with E-state index in [-0.39, 0.29) is 5.82 Å². The third kappa shape index (κ3) is 3.38. The number of hydrogen-bond acceptors (Lipinski definition) is 3. The molecule has 0 aliphatic rings. The Hall–Kier alpha value is -1.84. The Kier molecular flexibility index (Phi) is 4.51. The zero-order chi connectivity index (χ0) is 12.0. The van der Waals surface area contributed by atoms with Crippen LogP contribution in [0.15, 0.2) is 36.5 Å². The van der Waals surface area contributed by atoms with Gasteiger partial charge in [-0.25, -0.2) is 9.18 Å². The van der Waals surface area contributed by atoms with Gasteiger partial charge in [-0.1, -0.05) is 0 Å². The summed E-state index contributed by atoms with van der Waals surface area (Å²) in [6.07, 6.45) is 2.94. The molecule has 0 bridgehead atoms. The molecule has 86 valence electrons. The van der Waals surface area contributed by atoms with Crippen molar-refractivity contribution < 1.29 is 13.9 Å². The van der Waals surface area contributed by atoms with E-state index in [0.717, 1.165) is 5.69 Å². The summed E-state index contributed by atoms with van der Waals surface area (Å²) >= 11 is 0. The van der Waals surface area contributed by atoms with E-state index in [1.165, 1.54) is 25.3 Å². The van der Waals surface area contributed by atoms with Crippen LogP contribution in [0.25, 0.3) is 0 Å². The van der Waals surface area contributed by atoms with Gasteiger partial charge in [0.1, 0.15) is 5.82 Å². The van der Waals surface area contributed by atoms with Crippen LogP contribution in [0, 0.1) is 5.82 Å². The van der Waals surface area contributed by atoms with Gasteiger partial charge in [0.05, 0.1) is 7.11 Å². The Balaban J connectivity index is 2.78. The van der Waals surface area contributed by atoms with Crippen molar-refractivity contribution in [2.45, 2.75) is 6.92 Å². The second-order valence-electron chi connectivity index (χ2n) is 3.10. The normalized spacial score (nSPS) is 10.4. The fourth-order valence-corrected chi connectivity index (χ4v) is 1.23. The molecular weight excluding hydrogens is 209 g/mol. The van der Waals surface area contributed by atoms with Crippen LogP contribution in [-0.4, -0.2) is 19.6 Å². The maximum atomic E-state index is 12.7. The summed E-state index contributed by atoms with van der Waals surface area (Å²) in [5, 5.41) is 0. The maximum Gasteiger partial charge on any atom is 0.331 e. The molecule has 0 N–H and O–H groups in total. The number of rotatable bonds is 4. The summed E-state index contributed by atoms with van der Waals surface area (Å²) in [7, 11) is 1.32. The molecule has 0 heterocycles. The Morgan fingerprint density at radius 2 is 2.06 bits per heavy atom. The highest BCUT2D eigenvalue weighted by molar-refractivity contribution is 5.82. The van der Waals surface area contributed by atoms with Crippen molar-refractivity contribution in [2.24, 2.45) is 0 Å². The molecule has 0 atom stereocenters. The molecule has 4 heteroatoms. The molecule has 0 aromatic heterocycles. The lowest BCUT2D eigenvalue weighted by Gasteiger charge is -2.17. The Labute approximate surface area is 94.1 Å². The van der Waals surface area contributed by atoms with Crippen molar-refractivity contribution in [2.75, 3.05) is 18.6 Å². The van der Waals surface area contributed by atoms with Crippen LogP contribution in [0.4, 0.5) is 10.1 Å². The number of esters is 1. The summed E-state index contributed by atoms with van der Waals surface area (Å²) in [6.45, 7) is 2.62. The van der Waals surface area contributed by atoms with Crippen molar-refractivity contribution in [3.8, 4) is 0 Å². The molecule has 0 aliphatic heterocycles. The first-order chi connectivity index (χ1) is 7.67. The summed E-state index contributed by atoms with van der Waals surface area (Å²) in [5.41, 5.74) is 0.823. The number of halogens is 1. The zero-order valence-corrected chi connectivity index (χ0v) is 9.31. The Bertz CT molecular complexity index is 373. The molecule has 0 aliphatic carbocycles. The number of ether oxygens (including phenoxy) is 1. The highest BCUT2D eigenvalue weighted by Gasteiger charge is 2.01. The SMILES string of the molecule is CCN(C=CC(=O)OC)c1ccc(F)cc1. The van der Waals surface area contributed by atoms with Crippen LogP contribution in [0.2, 0.25) is 0 Å². The largest absolute Gasteiger partial charge is 0.466 e. The maximum absolute atomic E-state index is 12.7. The van der Waals surface area contributed by atoms with Crippen LogP contribution in [0.1, 0.15) is 6.92 Å². The van der Waals surface area contributed by atoms with Crippen LogP contribution < -0.4 is 4.90 Å². The van der Waals surface area contributed by atoms with Gasteiger partial charge in [-0.15, -0.1) is 0 Å². The number of methoxy groups -OCH3 is 1. The lowest BCUT2D eigenvalue weighted by molar-refractivity contribution is -0.134. The highest BCUT2D eigenvalue weighted by Crippen LogP contribution is 2.14. The van der Waals surface area contributed by atoms with Crippen molar-refractivity contribution in [3.05, 3.63) is 42.4 Å². The fourth-order valence-electron chi connectivity index (χ4n) is 1.23. The first kappa shape index (κ1) is 12.2. The van der Waals surface area contributed by atoms with E-state index in [4.69, 9.17) is 0 Å². The lowest BCUT2D eigenvalue weighted by Crippen LogP contribution is -2.15. The van der Waals surface area contributed by atoms with Gasteiger partial charge < -0.3 is 9.64 Å². The minimum atomic E-state index is -0.416. The van der Waals surface area contributed by atoms with Crippen molar-refractivity contribution in [1.82, 2.24) is 0 Å². The van der Waals surface area contributed by atoms with Gasteiger partial charge >= 0.3 is 5.97 Å². The quantitative estimate of drug-likeness (QED) is 0.579. The van der Waals surface area contributed by atoms with E-state index in [1.807, 2.05) is 11.8 Å². The number of carbonyl (C=O) groups is 1. The number of carbonyl (C=O) groups excluding carboxylic acids is 1. The average molecular weight is 223 g/mol. The third-order valence-corrected chi connectivity index (χ3v) is 2.09. The van der Waals surface area contributed by atoms with Crippen molar-refractivity contribution >= 4 is 11.7 Å². The fraction of sp³-hybridized carbons (Fsp3) is 0.250. The second kappa shape index (κ2) is 5.90. The molecule has 0 amide bonds. The van der Waals surface area contributed by atoms with E-state index in [2.05, 4.69) is 4.74 Å². The Morgan fingerprint density at radius 1 is 1.44 bits per heavy atom. The number of hydrogen-bond donors (Lipinski definition) is 0. The Morgan fingerprint density at radius 3 is 2.56 bits per heavy atom. The predicted molar refractivity (Wildman–Crippen MR) is 60.6 cm³/mol. The summed E-state index contributed by atoms with van der Waals surface area (Å²) in [6, 6.07) is 6.06. The van der Waals surface area contributed by atoms with Crippen molar-refractivity contribution in [3.63, 3.8) is 0 Å². The van der Waals surface area contributed by atoms with E-state index >= 15 is 0 Å². The van der Waals surface area contributed by atoms with Crippen molar-refractivity contribution in [1.29, 1.82) is 0 Å². The van der Waals surface area contributed by atoms with E-state index in [1.54, 1.807) is 18.3 Å². The molecule has 1 aromatic rings. The van der Waals surface area contributed by atoms with Gasteiger partial charge in [0.25, 0.3) is 0 Å². The molecule has 16 heavy (non-hydrogen) atoms. The number of nitrogens with zero attached hydrogens (tertiary/aromatic N) is 1. The lowest BCUT2D eigenvalue weighted by atomic mass is 10.3. The van der Waals surface area contributed by atoms with E-state index in [9.17, 15) is 9.18 Å². The van der Waals surface area contributed by atoms with Gasteiger partial charge in [-0.2, -0.15) is 0 Å². The van der Waals surface area contributed by atoms with Gasteiger partial charge in [0.15, 0.2) is 0 Å². The molecule has 0 radical (unpaired) electrons. The molecule has 0 unspecified atom stereocenters. The minimum Gasteiger partial charge on any atom is -0.466 e. The molecule has 1 rings (SSSR count). The smallest absolute Gasteiger partial charge is 0.331 e. The first-order valence-electron chi connectivity index (χ1n) is 4.95. The average Bonchev–Trinajstić information content (AvgIpc) is 2.31. The van der Waals surface area contributed by atoms with Crippen LogP contribution in [0.3, 0.4) is 0 Å². The molecule has 0 saturated carbocycles. The van der Waals surface area contributed by atoms with Gasteiger partial charge in [-0.3, -0.25) is 0 Å². The monoisotopic (exact) mass is 223 g/mol. The summed E-state index contributed by atoms with van der Waals surface area (Å²) in [4.78, 5) is 12.7. The molecule has 3 nitrogen and oxygen atoms in total. The van der Waals surface area contributed by atoms with Gasteiger partial charge in [-0.05, 0) is 31.2 Å². The molecule has 0 saturated heterocycles.